The SMILES string of the molecule is CC1CCCC(NC(=O)CN(C)S(=O)(=O)c2cccs2)C1C. The minimum atomic E-state index is -3.56. The van der Waals surface area contributed by atoms with Crippen LogP contribution in [0, 0.1) is 11.8 Å². The van der Waals surface area contributed by atoms with Crippen molar-refractivity contribution in [2.45, 2.75) is 43.4 Å². The molecule has 2 rings (SSSR count). The van der Waals surface area contributed by atoms with Crippen LogP contribution in [0.5, 0.6) is 0 Å². The van der Waals surface area contributed by atoms with Crippen LogP contribution in [0.15, 0.2) is 21.7 Å². The lowest BCUT2D eigenvalue weighted by atomic mass is 9.78. The molecular formula is C15H24N2O3S2. The Hall–Kier alpha value is -0.920. The summed E-state index contributed by atoms with van der Waals surface area (Å²) in [5, 5.41) is 4.72. The Balaban J connectivity index is 1.94. The van der Waals surface area contributed by atoms with Crippen molar-refractivity contribution in [3.63, 3.8) is 0 Å². The van der Waals surface area contributed by atoms with E-state index in [1.807, 2.05) is 0 Å². The Kier molecular flexibility index (Phi) is 5.63. The highest BCUT2D eigenvalue weighted by molar-refractivity contribution is 7.91. The van der Waals surface area contributed by atoms with Gasteiger partial charge in [-0.3, -0.25) is 4.79 Å². The molecule has 0 bridgehead atoms. The average molecular weight is 345 g/mol. The van der Waals surface area contributed by atoms with Gasteiger partial charge < -0.3 is 5.32 Å². The third kappa shape index (κ3) is 3.88. The highest BCUT2D eigenvalue weighted by Crippen LogP contribution is 2.29. The first kappa shape index (κ1) is 17.4. The lowest BCUT2D eigenvalue weighted by Crippen LogP contribution is -2.47. The van der Waals surface area contributed by atoms with Gasteiger partial charge in [0, 0.05) is 13.1 Å². The Labute approximate surface area is 136 Å². The number of rotatable bonds is 5. The summed E-state index contributed by atoms with van der Waals surface area (Å²) in [5.41, 5.74) is 0. The first-order valence-corrected chi connectivity index (χ1v) is 9.93. The van der Waals surface area contributed by atoms with Crippen LogP contribution < -0.4 is 5.32 Å². The van der Waals surface area contributed by atoms with Gasteiger partial charge in [0.2, 0.25) is 5.91 Å². The first-order valence-electron chi connectivity index (χ1n) is 7.61. The largest absolute Gasteiger partial charge is 0.352 e. The van der Waals surface area contributed by atoms with Gasteiger partial charge in [-0.25, -0.2) is 8.42 Å². The fourth-order valence-electron chi connectivity index (χ4n) is 2.89. The van der Waals surface area contributed by atoms with Gasteiger partial charge in [-0.2, -0.15) is 4.31 Å². The van der Waals surface area contributed by atoms with E-state index in [1.54, 1.807) is 17.5 Å². The number of carbonyl (C=O) groups excluding carboxylic acids is 1. The summed E-state index contributed by atoms with van der Waals surface area (Å²) in [5.74, 6) is 0.789. The average Bonchev–Trinajstić information content (AvgIpc) is 2.98. The van der Waals surface area contributed by atoms with E-state index >= 15 is 0 Å². The zero-order valence-corrected chi connectivity index (χ0v) is 14.9. The number of amides is 1. The van der Waals surface area contributed by atoms with Crippen molar-refractivity contribution >= 4 is 27.3 Å². The third-order valence-corrected chi connectivity index (χ3v) is 7.76. The molecule has 1 aliphatic rings. The van der Waals surface area contributed by atoms with Gasteiger partial charge in [-0.05, 0) is 29.7 Å². The number of likely N-dealkylation sites (N-methyl/N-ethyl adjacent to an activating group) is 1. The molecule has 1 fully saturated rings. The minimum absolute atomic E-state index is 0.141. The molecule has 0 aromatic carbocycles. The number of nitrogens with zero attached hydrogens (tertiary/aromatic N) is 1. The number of carbonyl (C=O) groups is 1. The Morgan fingerprint density at radius 1 is 1.41 bits per heavy atom. The smallest absolute Gasteiger partial charge is 0.252 e. The normalized spacial score (nSPS) is 26.1. The molecule has 1 aromatic heterocycles. The van der Waals surface area contributed by atoms with Crippen LogP contribution in [0.1, 0.15) is 33.1 Å². The summed E-state index contributed by atoms with van der Waals surface area (Å²) in [6.45, 7) is 4.22. The summed E-state index contributed by atoms with van der Waals surface area (Å²) in [6.07, 6.45) is 3.28. The van der Waals surface area contributed by atoms with E-state index in [0.29, 0.717) is 11.8 Å². The third-order valence-electron chi connectivity index (χ3n) is 4.58. The number of sulfonamides is 1. The molecule has 1 aromatic rings. The molecule has 3 atom stereocenters. The summed E-state index contributed by atoms with van der Waals surface area (Å²) in [6, 6.07) is 3.39. The van der Waals surface area contributed by atoms with E-state index in [4.69, 9.17) is 0 Å². The monoisotopic (exact) mass is 344 g/mol. The molecule has 0 spiro atoms. The van der Waals surface area contributed by atoms with Crippen molar-refractivity contribution in [2.24, 2.45) is 11.8 Å². The molecule has 0 aliphatic heterocycles. The Morgan fingerprint density at radius 3 is 2.77 bits per heavy atom. The maximum Gasteiger partial charge on any atom is 0.252 e. The summed E-state index contributed by atoms with van der Waals surface area (Å²) < 4.78 is 26.0. The molecule has 124 valence electrons. The van der Waals surface area contributed by atoms with Crippen molar-refractivity contribution in [1.82, 2.24) is 9.62 Å². The van der Waals surface area contributed by atoms with Gasteiger partial charge in [-0.15, -0.1) is 11.3 Å². The van der Waals surface area contributed by atoms with Crippen LogP contribution in [0.25, 0.3) is 0 Å². The zero-order chi connectivity index (χ0) is 16.3. The van der Waals surface area contributed by atoms with Crippen LogP contribution >= 0.6 is 11.3 Å². The van der Waals surface area contributed by atoms with Crippen LogP contribution in [-0.2, 0) is 14.8 Å². The molecule has 22 heavy (non-hydrogen) atoms. The fraction of sp³-hybridized carbons (Fsp3) is 0.667. The summed E-state index contributed by atoms with van der Waals surface area (Å²) in [4.78, 5) is 12.2. The van der Waals surface area contributed by atoms with Gasteiger partial charge in [0.25, 0.3) is 10.0 Å². The predicted octanol–water partition coefficient (Wildman–Crippen LogP) is 2.31. The van der Waals surface area contributed by atoms with E-state index in [1.165, 1.54) is 13.5 Å². The Bertz CT molecular complexity index is 598. The second-order valence-corrected chi connectivity index (χ2v) is 9.35. The van der Waals surface area contributed by atoms with Crippen molar-refractivity contribution < 1.29 is 13.2 Å². The topological polar surface area (TPSA) is 66.5 Å². The van der Waals surface area contributed by atoms with Gasteiger partial charge in [0.1, 0.15) is 4.21 Å². The lowest BCUT2D eigenvalue weighted by molar-refractivity contribution is -0.122. The van der Waals surface area contributed by atoms with Gasteiger partial charge in [0.15, 0.2) is 0 Å². The van der Waals surface area contributed by atoms with Crippen molar-refractivity contribution in [3.8, 4) is 0 Å². The van der Waals surface area contributed by atoms with Crippen LogP contribution in [0.2, 0.25) is 0 Å². The molecule has 7 heteroatoms. The van der Waals surface area contributed by atoms with Crippen LogP contribution in [0.3, 0.4) is 0 Å². The molecule has 0 radical (unpaired) electrons. The van der Waals surface area contributed by atoms with Gasteiger partial charge in [0.05, 0.1) is 6.54 Å². The second kappa shape index (κ2) is 7.10. The maximum atomic E-state index is 12.3. The lowest BCUT2D eigenvalue weighted by Gasteiger charge is -2.34. The summed E-state index contributed by atoms with van der Waals surface area (Å²) >= 11 is 1.16. The molecule has 1 amide bonds. The molecule has 1 aliphatic carbocycles. The van der Waals surface area contributed by atoms with E-state index in [0.717, 1.165) is 28.5 Å². The number of hydrogen-bond donors (Lipinski definition) is 1. The molecule has 1 saturated carbocycles. The summed E-state index contributed by atoms with van der Waals surface area (Å²) in [7, 11) is -2.12. The van der Waals surface area contributed by atoms with Crippen molar-refractivity contribution in [1.29, 1.82) is 0 Å². The van der Waals surface area contributed by atoms with Crippen molar-refractivity contribution in [2.75, 3.05) is 13.6 Å². The second-order valence-electron chi connectivity index (χ2n) is 6.13. The molecule has 1 heterocycles. The van der Waals surface area contributed by atoms with E-state index < -0.39 is 10.0 Å². The number of hydrogen-bond acceptors (Lipinski definition) is 4. The number of nitrogens with one attached hydrogen (secondary N) is 1. The standard InChI is InChI=1S/C15H24N2O3S2/c1-11-6-4-7-13(12(11)2)16-14(18)10-17(3)22(19,20)15-8-5-9-21-15/h5,8-9,11-13H,4,6-7,10H2,1-3H3,(H,16,18). The van der Waals surface area contributed by atoms with E-state index in [2.05, 4.69) is 19.2 Å². The van der Waals surface area contributed by atoms with Crippen LogP contribution in [-0.4, -0.2) is 38.3 Å². The van der Waals surface area contributed by atoms with E-state index in [9.17, 15) is 13.2 Å². The fourth-order valence-corrected chi connectivity index (χ4v) is 5.22. The van der Waals surface area contributed by atoms with Crippen LogP contribution in [0.4, 0.5) is 0 Å². The van der Waals surface area contributed by atoms with E-state index in [-0.39, 0.29) is 22.7 Å². The molecule has 5 nitrogen and oxygen atoms in total. The molecule has 1 N–H and O–H groups in total. The molecule has 0 saturated heterocycles. The highest BCUT2D eigenvalue weighted by atomic mass is 32.2. The highest BCUT2D eigenvalue weighted by Gasteiger charge is 2.29. The van der Waals surface area contributed by atoms with Gasteiger partial charge in [-0.1, -0.05) is 32.8 Å². The van der Waals surface area contributed by atoms with Crippen molar-refractivity contribution in [3.05, 3.63) is 17.5 Å². The number of thiophene rings is 1. The molecular weight excluding hydrogens is 320 g/mol. The minimum Gasteiger partial charge on any atom is -0.352 e. The first-order chi connectivity index (χ1) is 10.3. The molecule has 3 unspecified atom stereocenters. The quantitative estimate of drug-likeness (QED) is 0.891. The maximum absolute atomic E-state index is 12.3. The predicted molar refractivity (Wildman–Crippen MR) is 88.2 cm³/mol. The Morgan fingerprint density at radius 2 is 2.14 bits per heavy atom. The zero-order valence-electron chi connectivity index (χ0n) is 13.3. The van der Waals surface area contributed by atoms with Gasteiger partial charge >= 0.3 is 0 Å².